The molecule has 1 aliphatic rings. The molecule has 1 saturated heterocycles. The fraction of sp³-hybridized carbons (Fsp3) is 0.667. The van der Waals surface area contributed by atoms with Gasteiger partial charge in [-0.05, 0) is 19.4 Å². The van der Waals surface area contributed by atoms with Gasteiger partial charge >= 0.3 is 0 Å². The Hall–Kier alpha value is -0.670. The van der Waals surface area contributed by atoms with Gasteiger partial charge < -0.3 is 9.47 Å². The molecule has 68 valence electrons. The van der Waals surface area contributed by atoms with E-state index in [1.807, 2.05) is 0 Å². The van der Waals surface area contributed by atoms with Gasteiger partial charge in [0.2, 0.25) is 0 Å². The van der Waals surface area contributed by atoms with Gasteiger partial charge in [0.25, 0.3) is 0 Å². The number of hydrogen-bond acceptors (Lipinski definition) is 3. The van der Waals surface area contributed by atoms with Crippen molar-refractivity contribution in [1.82, 2.24) is 0 Å². The van der Waals surface area contributed by atoms with E-state index in [9.17, 15) is 4.79 Å². The summed E-state index contributed by atoms with van der Waals surface area (Å²) in [5, 5.41) is 0. The van der Waals surface area contributed by atoms with Crippen LogP contribution in [0.25, 0.3) is 0 Å². The number of carbonyl (C=O) groups excluding carboxylic acids is 1. The zero-order valence-electron chi connectivity index (χ0n) is 7.29. The maximum absolute atomic E-state index is 10.5. The highest BCUT2D eigenvalue weighted by atomic mass is 16.7. The molecule has 1 aliphatic heterocycles. The van der Waals surface area contributed by atoms with E-state index in [1.54, 1.807) is 12.2 Å². The molecule has 1 heterocycles. The lowest BCUT2D eigenvalue weighted by molar-refractivity contribution is -0.175. The Balaban J connectivity index is 2.17. The third kappa shape index (κ3) is 3.64. The maximum atomic E-state index is 10.5. The molecule has 0 atom stereocenters. The van der Waals surface area contributed by atoms with Gasteiger partial charge in [0, 0.05) is 6.42 Å². The molecule has 0 saturated carbocycles. The summed E-state index contributed by atoms with van der Waals surface area (Å²) < 4.78 is 10.5. The van der Waals surface area contributed by atoms with Gasteiger partial charge in [-0.1, -0.05) is 6.08 Å². The number of carbonyl (C=O) groups is 1. The van der Waals surface area contributed by atoms with Crippen molar-refractivity contribution in [1.29, 1.82) is 0 Å². The van der Waals surface area contributed by atoms with Crippen molar-refractivity contribution in [3.8, 4) is 0 Å². The van der Waals surface area contributed by atoms with Gasteiger partial charge in [0.05, 0.1) is 13.2 Å². The summed E-state index contributed by atoms with van der Waals surface area (Å²) >= 11 is 0. The second kappa shape index (κ2) is 5.06. The first-order valence-corrected chi connectivity index (χ1v) is 4.19. The van der Waals surface area contributed by atoms with E-state index in [0.717, 1.165) is 19.6 Å². The first kappa shape index (κ1) is 9.42. The van der Waals surface area contributed by atoms with Crippen LogP contribution < -0.4 is 0 Å². The molecular weight excluding hydrogens is 156 g/mol. The van der Waals surface area contributed by atoms with Gasteiger partial charge in [-0.2, -0.15) is 0 Å². The first-order chi connectivity index (χ1) is 5.79. The second-order valence-corrected chi connectivity index (χ2v) is 2.77. The molecule has 3 heteroatoms. The molecule has 1 fully saturated rings. The van der Waals surface area contributed by atoms with Gasteiger partial charge in [0.15, 0.2) is 12.1 Å². The molecule has 0 spiro atoms. The number of ether oxygens (including phenoxy) is 2. The second-order valence-electron chi connectivity index (χ2n) is 2.77. The normalized spacial score (nSPS) is 20.1. The molecule has 1 rings (SSSR count). The minimum atomic E-state index is -0.144. The van der Waals surface area contributed by atoms with E-state index in [4.69, 9.17) is 9.47 Å². The number of ketones is 1. The van der Waals surface area contributed by atoms with Crippen molar-refractivity contribution < 1.29 is 14.3 Å². The minimum Gasteiger partial charge on any atom is -0.352 e. The lowest BCUT2D eigenvalue weighted by Crippen LogP contribution is -2.24. The van der Waals surface area contributed by atoms with Crippen LogP contribution in [0, 0.1) is 0 Å². The predicted molar refractivity (Wildman–Crippen MR) is 44.7 cm³/mol. The minimum absolute atomic E-state index is 0.0609. The summed E-state index contributed by atoms with van der Waals surface area (Å²) in [6.45, 7) is 3.05. The quantitative estimate of drug-likeness (QED) is 0.598. The zero-order valence-corrected chi connectivity index (χ0v) is 7.29. The van der Waals surface area contributed by atoms with E-state index < -0.39 is 0 Å². The lowest BCUT2D eigenvalue weighted by atomic mass is 10.3. The molecule has 0 amide bonds. The van der Waals surface area contributed by atoms with Gasteiger partial charge in [0.1, 0.15) is 0 Å². The van der Waals surface area contributed by atoms with Gasteiger partial charge in [-0.25, -0.2) is 0 Å². The molecule has 3 nitrogen and oxygen atoms in total. The Morgan fingerprint density at radius 3 is 2.75 bits per heavy atom. The van der Waals surface area contributed by atoms with Gasteiger partial charge in [-0.3, -0.25) is 4.79 Å². The highest BCUT2D eigenvalue weighted by Gasteiger charge is 2.11. The average Bonchev–Trinajstić information content (AvgIpc) is 2.05. The molecular formula is C9H14O3. The van der Waals surface area contributed by atoms with Crippen molar-refractivity contribution in [2.45, 2.75) is 26.1 Å². The fourth-order valence-corrected chi connectivity index (χ4v) is 1.02. The van der Waals surface area contributed by atoms with E-state index in [0.29, 0.717) is 6.42 Å². The van der Waals surface area contributed by atoms with Crippen molar-refractivity contribution in [2.75, 3.05) is 13.2 Å². The largest absolute Gasteiger partial charge is 0.352 e. The Bertz CT molecular complexity index is 169. The highest BCUT2D eigenvalue weighted by molar-refractivity contribution is 5.87. The maximum Gasteiger partial charge on any atom is 0.160 e. The average molecular weight is 170 g/mol. The smallest absolute Gasteiger partial charge is 0.160 e. The van der Waals surface area contributed by atoms with E-state index in [2.05, 4.69) is 0 Å². The van der Waals surface area contributed by atoms with Crippen LogP contribution in [0.1, 0.15) is 19.8 Å². The number of hydrogen-bond donors (Lipinski definition) is 0. The molecule has 0 aliphatic carbocycles. The zero-order chi connectivity index (χ0) is 8.81. The fourth-order valence-electron chi connectivity index (χ4n) is 1.02. The molecule has 0 bridgehead atoms. The van der Waals surface area contributed by atoms with E-state index in [1.165, 1.54) is 6.92 Å². The van der Waals surface area contributed by atoms with Crippen molar-refractivity contribution >= 4 is 5.78 Å². The van der Waals surface area contributed by atoms with E-state index >= 15 is 0 Å². The number of rotatable bonds is 3. The molecule has 0 radical (unpaired) electrons. The SMILES string of the molecule is CC(=O)C=CCC1OCCCO1. The lowest BCUT2D eigenvalue weighted by Gasteiger charge is -2.21. The topological polar surface area (TPSA) is 35.5 Å². The molecule has 0 aromatic heterocycles. The molecule has 0 aromatic carbocycles. The number of allylic oxidation sites excluding steroid dienone is 1. The van der Waals surface area contributed by atoms with Crippen LogP contribution in [0.4, 0.5) is 0 Å². The summed E-state index contributed by atoms with van der Waals surface area (Å²) in [7, 11) is 0. The summed E-state index contributed by atoms with van der Waals surface area (Å²) in [6, 6.07) is 0. The summed E-state index contributed by atoms with van der Waals surface area (Å²) in [5.41, 5.74) is 0. The van der Waals surface area contributed by atoms with Crippen LogP contribution >= 0.6 is 0 Å². The Kier molecular flexibility index (Phi) is 3.97. The van der Waals surface area contributed by atoms with Crippen LogP contribution in [0.2, 0.25) is 0 Å². The van der Waals surface area contributed by atoms with E-state index in [-0.39, 0.29) is 12.1 Å². The van der Waals surface area contributed by atoms with Crippen LogP contribution in [-0.2, 0) is 14.3 Å². The third-order valence-corrected chi connectivity index (χ3v) is 1.58. The summed E-state index contributed by atoms with van der Waals surface area (Å²) in [5.74, 6) is 0.0609. The van der Waals surface area contributed by atoms with Crippen molar-refractivity contribution in [3.05, 3.63) is 12.2 Å². The molecule has 0 aromatic rings. The van der Waals surface area contributed by atoms with Crippen LogP contribution in [-0.4, -0.2) is 25.3 Å². The molecule has 12 heavy (non-hydrogen) atoms. The summed E-state index contributed by atoms with van der Waals surface area (Å²) in [4.78, 5) is 10.5. The molecule has 0 unspecified atom stereocenters. The summed E-state index contributed by atoms with van der Waals surface area (Å²) in [6.07, 6.45) is 4.82. The van der Waals surface area contributed by atoms with Crippen molar-refractivity contribution in [2.24, 2.45) is 0 Å². The van der Waals surface area contributed by atoms with Crippen LogP contribution in [0.3, 0.4) is 0 Å². The van der Waals surface area contributed by atoms with Crippen molar-refractivity contribution in [3.63, 3.8) is 0 Å². The van der Waals surface area contributed by atoms with Crippen LogP contribution in [0.15, 0.2) is 12.2 Å². The van der Waals surface area contributed by atoms with Gasteiger partial charge in [-0.15, -0.1) is 0 Å². The standard InChI is InChI=1S/C9H14O3/c1-8(10)4-2-5-9-11-6-3-7-12-9/h2,4,9H,3,5-7H2,1H3. The highest BCUT2D eigenvalue weighted by Crippen LogP contribution is 2.08. The third-order valence-electron chi connectivity index (χ3n) is 1.58. The monoisotopic (exact) mass is 170 g/mol. The Morgan fingerprint density at radius 2 is 2.17 bits per heavy atom. The van der Waals surface area contributed by atoms with Crippen LogP contribution in [0.5, 0.6) is 0 Å². The molecule has 0 N–H and O–H groups in total. The predicted octanol–water partition coefficient (Wildman–Crippen LogP) is 1.28. The first-order valence-electron chi connectivity index (χ1n) is 4.19. The Morgan fingerprint density at radius 1 is 1.50 bits per heavy atom. The Labute approximate surface area is 72.4 Å².